The summed E-state index contributed by atoms with van der Waals surface area (Å²) >= 11 is 3.12. The SMILES string of the molecule is CCN(Cc1ccco1)c1cc(F)c(Br)cc1N. The van der Waals surface area contributed by atoms with Crippen LogP contribution >= 0.6 is 15.9 Å². The van der Waals surface area contributed by atoms with Gasteiger partial charge in [0, 0.05) is 12.6 Å². The third kappa shape index (κ3) is 2.67. The van der Waals surface area contributed by atoms with Crippen molar-refractivity contribution in [1.29, 1.82) is 0 Å². The maximum absolute atomic E-state index is 13.6. The van der Waals surface area contributed by atoms with Gasteiger partial charge < -0.3 is 15.1 Å². The molecular weight excluding hydrogens is 299 g/mol. The number of halogens is 2. The molecule has 1 aromatic carbocycles. The van der Waals surface area contributed by atoms with Gasteiger partial charge in [0.2, 0.25) is 0 Å². The summed E-state index contributed by atoms with van der Waals surface area (Å²) in [5, 5.41) is 0. The van der Waals surface area contributed by atoms with Crippen molar-refractivity contribution in [1.82, 2.24) is 0 Å². The Bertz CT molecular complexity index is 528. The minimum Gasteiger partial charge on any atom is -0.467 e. The van der Waals surface area contributed by atoms with E-state index in [4.69, 9.17) is 10.2 Å². The summed E-state index contributed by atoms with van der Waals surface area (Å²) in [4.78, 5) is 1.96. The summed E-state index contributed by atoms with van der Waals surface area (Å²) < 4.78 is 19.3. The summed E-state index contributed by atoms with van der Waals surface area (Å²) in [5.41, 5.74) is 7.14. The van der Waals surface area contributed by atoms with Crippen LogP contribution in [0.4, 0.5) is 15.8 Å². The van der Waals surface area contributed by atoms with E-state index in [9.17, 15) is 4.39 Å². The Morgan fingerprint density at radius 3 is 2.83 bits per heavy atom. The molecule has 0 saturated heterocycles. The molecule has 96 valence electrons. The van der Waals surface area contributed by atoms with Gasteiger partial charge in [-0.3, -0.25) is 0 Å². The molecule has 3 nitrogen and oxygen atoms in total. The lowest BCUT2D eigenvalue weighted by molar-refractivity contribution is 0.503. The second-order valence-electron chi connectivity index (χ2n) is 3.92. The van der Waals surface area contributed by atoms with Crippen LogP contribution in [0.5, 0.6) is 0 Å². The molecule has 0 aliphatic carbocycles. The summed E-state index contributed by atoms with van der Waals surface area (Å²) in [6, 6.07) is 6.73. The standard InChI is InChI=1S/C13H14BrFN2O/c1-2-17(8-9-4-3-5-18-9)13-7-11(15)10(14)6-12(13)16/h3-7H,2,8,16H2,1H3. The molecule has 2 N–H and O–H groups in total. The van der Waals surface area contributed by atoms with Gasteiger partial charge in [-0.2, -0.15) is 0 Å². The Balaban J connectivity index is 2.30. The lowest BCUT2D eigenvalue weighted by Gasteiger charge is -2.23. The molecule has 0 atom stereocenters. The number of nitrogen functional groups attached to an aromatic ring is 1. The highest BCUT2D eigenvalue weighted by atomic mass is 79.9. The predicted octanol–water partition coefficient (Wildman–Crippen LogP) is 3.79. The zero-order valence-electron chi connectivity index (χ0n) is 9.99. The largest absolute Gasteiger partial charge is 0.467 e. The van der Waals surface area contributed by atoms with Gasteiger partial charge in [-0.25, -0.2) is 4.39 Å². The van der Waals surface area contributed by atoms with Crippen LogP contribution in [0, 0.1) is 5.82 Å². The number of furan rings is 1. The lowest BCUT2D eigenvalue weighted by Crippen LogP contribution is -2.23. The maximum atomic E-state index is 13.6. The van der Waals surface area contributed by atoms with Crippen LogP contribution in [0.25, 0.3) is 0 Å². The Morgan fingerprint density at radius 2 is 2.22 bits per heavy atom. The minimum absolute atomic E-state index is 0.322. The minimum atomic E-state index is -0.322. The number of rotatable bonds is 4. The van der Waals surface area contributed by atoms with Gasteiger partial charge in [-0.15, -0.1) is 0 Å². The van der Waals surface area contributed by atoms with E-state index < -0.39 is 0 Å². The predicted molar refractivity (Wildman–Crippen MR) is 73.9 cm³/mol. The van der Waals surface area contributed by atoms with Crippen molar-refractivity contribution >= 4 is 27.3 Å². The highest BCUT2D eigenvalue weighted by Crippen LogP contribution is 2.30. The van der Waals surface area contributed by atoms with Crippen molar-refractivity contribution in [2.24, 2.45) is 0 Å². The summed E-state index contributed by atoms with van der Waals surface area (Å²) in [5.74, 6) is 0.497. The third-order valence-electron chi connectivity index (χ3n) is 2.72. The Labute approximate surface area is 114 Å². The van der Waals surface area contributed by atoms with Crippen LogP contribution in [0.3, 0.4) is 0 Å². The zero-order chi connectivity index (χ0) is 13.1. The Morgan fingerprint density at radius 1 is 1.44 bits per heavy atom. The molecule has 0 spiro atoms. The third-order valence-corrected chi connectivity index (χ3v) is 3.33. The number of hydrogen-bond acceptors (Lipinski definition) is 3. The molecule has 2 rings (SSSR count). The van der Waals surface area contributed by atoms with Crippen LogP contribution in [0.2, 0.25) is 0 Å². The molecule has 0 bridgehead atoms. The molecule has 0 aliphatic rings. The highest BCUT2D eigenvalue weighted by Gasteiger charge is 2.13. The average Bonchev–Trinajstić information content (AvgIpc) is 2.84. The van der Waals surface area contributed by atoms with E-state index in [2.05, 4.69) is 15.9 Å². The summed E-state index contributed by atoms with van der Waals surface area (Å²) in [6.07, 6.45) is 1.62. The monoisotopic (exact) mass is 312 g/mol. The molecule has 0 saturated carbocycles. The molecule has 0 radical (unpaired) electrons. The van der Waals surface area contributed by atoms with Gasteiger partial charge in [0.15, 0.2) is 0 Å². The molecule has 0 amide bonds. The molecule has 5 heteroatoms. The van der Waals surface area contributed by atoms with Crippen molar-refractivity contribution in [2.75, 3.05) is 17.2 Å². The van der Waals surface area contributed by atoms with Gasteiger partial charge in [-0.1, -0.05) is 0 Å². The molecule has 0 fully saturated rings. The first kappa shape index (κ1) is 13.0. The van der Waals surface area contributed by atoms with Crippen molar-refractivity contribution in [3.8, 4) is 0 Å². The van der Waals surface area contributed by atoms with Crippen molar-refractivity contribution in [3.63, 3.8) is 0 Å². The van der Waals surface area contributed by atoms with E-state index in [1.165, 1.54) is 6.07 Å². The first-order chi connectivity index (χ1) is 8.61. The van der Waals surface area contributed by atoms with E-state index in [-0.39, 0.29) is 5.82 Å². The number of anilines is 2. The Hall–Kier alpha value is -1.49. The van der Waals surface area contributed by atoms with E-state index in [0.717, 1.165) is 5.76 Å². The van der Waals surface area contributed by atoms with Crippen molar-refractivity contribution < 1.29 is 8.81 Å². The fraction of sp³-hybridized carbons (Fsp3) is 0.231. The van der Waals surface area contributed by atoms with Gasteiger partial charge in [-0.05, 0) is 41.1 Å². The quantitative estimate of drug-likeness (QED) is 0.873. The lowest BCUT2D eigenvalue weighted by atomic mass is 10.2. The van der Waals surface area contributed by atoms with Crippen molar-refractivity contribution in [2.45, 2.75) is 13.5 Å². The van der Waals surface area contributed by atoms with Crippen LogP contribution in [-0.2, 0) is 6.54 Å². The molecular formula is C13H14BrFN2O. The normalized spacial score (nSPS) is 10.6. The van der Waals surface area contributed by atoms with Gasteiger partial charge in [0.1, 0.15) is 11.6 Å². The second-order valence-corrected chi connectivity index (χ2v) is 4.77. The first-order valence-corrected chi connectivity index (χ1v) is 6.43. The summed E-state index contributed by atoms with van der Waals surface area (Å²) in [7, 11) is 0. The Kier molecular flexibility index (Phi) is 3.91. The van der Waals surface area contributed by atoms with E-state index in [1.807, 2.05) is 24.0 Å². The average molecular weight is 313 g/mol. The highest BCUT2D eigenvalue weighted by molar-refractivity contribution is 9.10. The molecule has 2 aromatic rings. The molecule has 1 aromatic heterocycles. The van der Waals surface area contributed by atoms with Crippen LogP contribution in [0.1, 0.15) is 12.7 Å². The van der Waals surface area contributed by atoms with Crippen LogP contribution in [-0.4, -0.2) is 6.54 Å². The number of nitrogens with zero attached hydrogens (tertiary/aromatic N) is 1. The molecule has 0 unspecified atom stereocenters. The molecule has 1 heterocycles. The van der Waals surface area contributed by atoms with E-state index >= 15 is 0 Å². The van der Waals surface area contributed by atoms with Crippen LogP contribution in [0.15, 0.2) is 39.4 Å². The number of nitrogens with two attached hydrogens (primary N) is 1. The van der Waals surface area contributed by atoms with E-state index in [0.29, 0.717) is 28.9 Å². The van der Waals surface area contributed by atoms with Gasteiger partial charge >= 0.3 is 0 Å². The molecule has 0 aliphatic heterocycles. The van der Waals surface area contributed by atoms with E-state index in [1.54, 1.807) is 12.3 Å². The van der Waals surface area contributed by atoms with Crippen molar-refractivity contribution in [3.05, 3.63) is 46.6 Å². The topological polar surface area (TPSA) is 42.4 Å². The smallest absolute Gasteiger partial charge is 0.139 e. The van der Waals surface area contributed by atoms with Crippen LogP contribution < -0.4 is 10.6 Å². The fourth-order valence-electron chi connectivity index (χ4n) is 1.78. The zero-order valence-corrected chi connectivity index (χ0v) is 11.6. The van der Waals surface area contributed by atoms with Gasteiger partial charge in [0.25, 0.3) is 0 Å². The fourth-order valence-corrected chi connectivity index (χ4v) is 2.14. The number of hydrogen-bond donors (Lipinski definition) is 1. The maximum Gasteiger partial charge on any atom is 0.139 e. The summed E-state index contributed by atoms with van der Waals surface area (Å²) in [6.45, 7) is 3.27. The van der Waals surface area contributed by atoms with Gasteiger partial charge in [0.05, 0.1) is 28.7 Å². The number of benzene rings is 1. The molecule has 18 heavy (non-hydrogen) atoms. The second kappa shape index (κ2) is 5.44. The first-order valence-electron chi connectivity index (χ1n) is 5.63.